The molecule has 0 radical (unpaired) electrons. The first kappa shape index (κ1) is 79.9. The fourth-order valence-corrected chi connectivity index (χ4v) is 5.32. The van der Waals surface area contributed by atoms with Crippen LogP contribution in [0.15, 0.2) is 12.2 Å². The summed E-state index contributed by atoms with van der Waals surface area (Å²) < 4.78 is 20.8. The van der Waals surface area contributed by atoms with Crippen LogP contribution >= 0.6 is 0 Å². The van der Waals surface area contributed by atoms with E-state index in [4.69, 9.17) is 40.6 Å². The largest absolute Gasteiger partial charge is 0.481 e. The zero-order valence-electron chi connectivity index (χ0n) is 46.3. The van der Waals surface area contributed by atoms with Gasteiger partial charge < -0.3 is 55.0 Å². The van der Waals surface area contributed by atoms with Crippen LogP contribution in [-0.4, -0.2) is 117 Å². The minimum Gasteiger partial charge on any atom is -0.481 e. The minimum absolute atomic E-state index is 0. The number of nitrogens with two attached hydrogens (primary N) is 2. The van der Waals surface area contributed by atoms with Crippen LogP contribution in [0.4, 0.5) is 0 Å². The molecule has 0 saturated carbocycles. The molecule has 15 nitrogen and oxygen atoms in total. The van der Waals surface area contributed by atoms with Crippen LogP contribution in [0.1, 0.15) is 189 Å². The summed E-state index contributed by atoms with van der Waals surface area (Å²) in [7, 11) is 3.25. The van der Waals surface area contributed by atoms with Crippen LogP contribution in [-0.2, 0) is 52.5 Å². The first-order valence-corrected chi connectivity index (χ1v) is 24.7. The summed E-state index contributed by atoms with van der Waals surface area (Å²) in [6.45, 7) is 34.0. The van der Waals surface area contributed by atoms with Gasteiger partial charge >= 0.3 is 11.9 Å². The lowest BCUT2D eigenvalue weighted by molar-refractivity contribution is -0.141. The lowest BCUT2D eigenvalue weighted by Crippen LogP contribution is -2.26. The second-order valence-corrected chi connectivity index (χ2v) is 19.5. The van der Waals surface area contributed by atoms with Gasteiger partial charge in [-0.05, 0) is 107 Å². The number of hydrogen-bond acceptors (Lipinski definition) is 13. The Kier molecular flexibility index (Phi) is 62.7. The van der Waals surface area contributed by atoms with Crippen molar-refractivity contribution in [1.29, 1.82) is 0 Å². The maximum atomic E-state index is 10.8. The quantitative estimate of drug-likeness (QED) is 0.0278. The van der Waals surface area contributed by atoms with E-state index in [1.54, 1.807) is 41.1 Å². The van der Waals surface area contributed by atoms with E-state index in [-0.39, 0.29) is 61.0 Å². The first-order valence-electron chi connectivity index (χ1n) is 24.7. The molecule has 0 saturated heterocycles. The maximum absolute atomic E-state index is 10.8. The number of Topliss-reactive ketones (excluding diaryl/α,β-unsaturated/α-hetero) is 5. The van der Waals surface area contributed by atoms with E-state index in [0.717, 1.165) is 38.5 Å². The molecule has 0 aromatic heterocycles. The number of hydrogen-bond donors (Lipinski definition) is 4. The Hall–Kier alpha value is -3.21. The molecule has 15 heteroatoms. The number of carboxylic acids is 2. The molecule has 0 spiro atoms. The van der Waals surface area contributed by atoms with Gasteiger partial charge in [-0.1, -0.05) is 96.6 Å². The highest BCUT2D eigenvalue weighted by Crippen LogP contribution is 2.16. The molecule has 0 aliphatic rings. The fraction of sp³-hybridized carbons (Fsp3) is 0.833. The molecule has 0 fully saturated rings. The van der Waals surface area contributed by atoms with Gasteiger partial charge in [0.2, 0.25) is 0 Å². The molecule has 0 aliphatic carbocycles. The predicted octanol–water partition coefficient (Wildman–Crippen LogP) is 10.4. The van der Waals surface area contributed by atoms with Crippen LogP contribution in [0, 0.1) is 41.4 Å². The molecule has 0 bridgehead atoms. The van der Waals surface area contributed by atoms with E-state index < -0.39 is 11.9 Å². The van der Waals surface area contributed by atoms with E-state index in [1.165, 1.54) is 13.0 Å². The highest BCUT2D eigenvalue weighted by Gasteiger charge is 2.16. The Balaban J connectivity index is -0.000000134. The fourth-order valence-electron chi connectivity index (χ4n) is 5.32. The van der Waals surface area contributed by atoms with Gasteiger partial charge in [-0.15, -0.1) is 0 Å². The number of methoxy groups -OCH3 is 2. The summed E-state index contributed by atoms with van der Waals surface area (Å²) in [5, 5.41) is 16.8. The summed E-state index contributed by atoms with van der Waals surface area (Å²) in [5.74, 6) is 2.03. The van der Waals surface area contributed by atoms with Crippen molar-refractivity contribution in [2.75, 3.05) is 47.2 Å². The van der Waals surface area contributed by atoms with Crippen molar-refractivity contribution in [1.82, 2.24) is 0 Å². The number of rotatable bonds is 32. The summed E-state index contributed by atoms with van der Waals surface area (Å²) >= 11 is 0. The molecule has 0 aromatic carbocycles. The third kappa shape index (κ3) is 73.9. The molecule has 6 N–H and O–H groups in total. The van der Waals surface area contributed by atoms with E-state index in [0.29, 0.717) is 100 Å². The van der Waals surface area contributed by atoms with E-state index >= 15 is 0 Å². The molecular formula is C54H108N2O13. The van der Waals surface area contributed by atoms with E-state index in [9.17, 15) is 33.6 Å². The van der Waals surface area contributed by atoms with Crippen molar-refractivity contribution < 1.29 is 62.7 Å². The van der Waals surface area contributed by atoms with Gasteiger partial charge in [-0.25, -0.2) is 4.79 Å². The predicted molar refractivity (Wildman–Crippen MR) is 282 cm³/mol. The van der Waals surface area contributed by atoms with Crippen LogP contribution < -0.4 is 11.5 Å². The molecule has 412 valence electrons. The molecular weight excluding hydrogens is 885 g/mol. The van der Waals surface area contributed by atoms with Crippen molar-refractivity contribution in [3.8, 4) is 0 Å². The monoisotopic (exact) mass is 993 g/mol. The van der Waals surface area contributed by atoms with E-state index in [1.807, 2.05) is 27.7 Å². The summed E-state index contributed by atoms with van der Waals surface area (Å²) in [5.41, 5.74) is 11.3. The average Bonchev–Trinajstić information content (AvgIpc) is 3.20. The highest BCUT2D eigenvalue weighted by molar-refractivity contribution is 6.36. The van der Waals surface area contributed by atoms with Crippen LogP contribution in [0.5, 0.6) is 0 Å². The Morgan fingerprint density at radius 2 is 1.03 bits per heavy atom. The second-order valence-electron chi connectivity index (χ2n) is 19.5. The molecule has 4 atom stereocenters. The third-order valence-electron chi connectivity index (χ3n) is 9.93. The molecule has 4 unspecified atom stereocenters. The number of aliphatic carboxylic acids is 2. The summed E-state index contributed by atoms with van der Waals surface area (Å²) in [6, 6.07) is 0.184. The zero-order valence-corrected chi connectivity index (χ0v) is 46.3. The van der Waals surface area contributed by atoms with Gasteiger partial charge in [0.15, 0.2) is 11.6 Å². The summed E-state index contributed by atoms with van der Waals surface area (Å²) in [4.78, 5) is 73.5. The number of carbonyl (C=O) groups is 7. The Morgan fingerprint density at radius 1 is 0.565 bits per heavy atom. The Labute approximate surface area is 421 Å². The highest BCUT2D eigenvalue weighted by atomic mass is 16.5. The standard InChI is InChI=1S/C11H22O3.C10H20O4.C9H19NO.C8H17NO.C8H14O2.C7H12O2.CH4/c1-9(2)11(6-5-10(3)12)14-8-7-13-4;1-8(2)6-9(7-10(11)12)14-5-4-13-3;1-7(2)9(6-10)5-4-8(3)11;1-6(2)8(9)5-4-7(3)10;1-6(2)4-5-8(10)7(3)9;1-6(2)4-3-5-7(8)9;/h9,11H,5-8H2,1-4H3;8-9H,4-7H2,1-3H3,(H,11,12);7,9H,4-6,10H2,1-3H3;6,8H,4-5,9H2,1-3H3;6H,4-5H2,1-3H3;3,5-6H,4H2,1-2H3,(H,8,9);1H4/b;;;;;5-3-;. The van der Waals surface area contributed by atoms with Gasteiger partial charge in [-0.2, -0.15) is 0 Å². The Bertz CT molecular complexity index is 1300. The normalized spacial score (nSPS) is 12.4. The maximum Gasteiger partial charge on any atom is 0.327 e. The van der Waals surface area contributed by atoms with Gasteiger partial charge in [0.05, 0.1) is 45.1 Å². The molecule has 0 aliphatic heterocycles. The Morgan fingerprint density at radius 3 is 1.36 bits per heavy atom. The van der Waals surface area contributed by atoms with Crippen molar-refractivity contribution in [2.45, 2.75) is 207 Å². The second kappa shape index (κ2) is 54.1. The topological polar surface area (TPSA) is 249 Å². The summed E-state index contributed by atoms with van der Waals surface area (Å²) in [6.07, 6.45) is 10.3. The number of carboxylic acid groups (broad SMARTS) is 2. The van der Waals surface area contributed by atoms with Crippen molar-refractivity contribution >= 4 is 40.9 Å². The van der Waals surface area contributed by atoms with Crippen LogP contribution in [0.3, 0.4) is 0 Å². The third-order valence-corrected chi connectivity index (χ3v) is 9.93. The zero-order chi connectivity index (χ0) is 54.4. The SMILES string of the molecule is C.CC(=O)C(=O)CCC(C)C.CC(=O)CCC(CN)C(C)C.CC(=O)CCC(N)C(C)C.CC(C)C/C=C\C(=O)O.COCCOC(CC(=O)O)CC(C)C.COCCOC(CCC(C)=O)C(C)C. The molecule has 0 aromatic rings. The molecule has 0 amide bonds. The van der Waals surface area contributed by atoms with Crippen molar-refractivity contribution in [3.63, 3.8) is 0 Å². The molecule has 69 heavy (non-hydrogen) atoms. The minimum atomic E-state index is -0.865. The lowest BCUT2D eigenvalue weighted by Gasteiger charge is -2.20. The van der Waals surface area contributed by atoms with Crippen molar-refractivity contribution in [2.24, 2.45) is 52.9 Å². The molecule has 0 rings (SSSR count). The van der Waals surface area contributed by atoms with E-state index in [2.05, 4.69) is 55.4 Å². The lowest BCUT2D eigenvalue weighted by atomic mass is 9.91. The number of carbonyl (C=O) groups excluding carboxylic acids is 5. The van der Waals surface area contributed by atoms with Gasteiger partial charge in [0.25, 0.3) is 0 Å². The first-order chi connectivity index (χ1) is 31.4. The van der Waals surface area contributed by atoms with Gasteiger partial charge in [0, 0.05) is 58.9 Å². The molecule has 0 heterocycles. The number of ketones is 5. The number of allylic oxidation sites excluding steroid dienone is 1. The van der Waals surface area contributed by atoms with Gasteiger partial charge in [0.1, 0.15) is 17.3 Å². The van der Waals surface area contributed by atoms with Crippen LogP contribution in [0.25, 0.3) is 0 Å². The number of ether oxygens (including phenoxy) is 4. The van der Waals surface area contributed by atoms with Crippen LogP contribution in [0.2, 0.25) is 0 Å². The smallest absolute Gasteiger partial charge is 0.327 e. The van der Waals surface area contributed by atoms with Crippen molar-refractivity contribution in [3.05, 3.63) is 12.2 Å². The van der Waals surface area contributed by atoms with Gasteiger partial charge in [-0.3, -0.25) is 14.4 Å². The average molecular weight is 993 g/mol.